The third kappa shape index (κ3) is 5.44. The molecule has 154 valence electrons. The molecule has 4 rings (SSSR count). The van der Waals surface area contributed by atoms with Crippen molar-refractivity contribution >= 4 is 17.9 Å². The van der Waals surface area contributed by atoms with Crippen LogP contribution in [0.1, 0.15) is 24.0 Å². The first-order valence-corrected chi connectivity index (χ1v) is 9.90. The fraction of sp³-hybridized carbons (Fsp3) is 0.273. The Morgan fingerprint density at radius 3 is 2.90 bits per heavy atom. The highest BCUT2D eigenvalue weighted by Crippen LogP contribution is 2.22. The summed E-state index contributed by atoms with van der Waals surface area (Å²) < 4.78 is 10.7. The molecule has 1 aliphatic rings. The van der Waals surface area contributed by atoms with Crippen molar-refractivity contribution in [3.63, 3.8) is 0 Å². The van der Waals surface area contributed by atoms with Crippen LogP contribution in [-0.4, -0.2) is 46.0 Å². The van der Waals surface area contributed by atoms with Crippen LogP contribution in [0.4, 0.5) is 10.6 Å². The number of urea groups is 1. The van der Waals surface area contributed by atoms with E-state index in [1.165, 1.54) is 5.57 Å². The van der Waals surface area contributed by atoms with Crippen LogP contribution in [-0.2, 0) is 6.42 Å². The van der Waals surface area contributed by atoms with E-state index in [2.05, 4.69) is 32.8 Å². The number of nitrogens with one attached hydrogen (secondary N) is 1. The second-order valence-corrected chi connectivity index (χ2v) is 7.03. The van der Waals surface area contributed by atoms with Crippen LogP contribution in [0.3, 0.4) is 0 Å². The number of nitrogens with zero attached hydrogens (tertiary/aromatic N) is 4. The Kier molecular flexibility index (Phi) is 6.34. The molecule has 0 aliphatic carbocycles. The Balaban J connectivity index is 1.28. The lowest BCUT2D eigenvalue weighted by Crippen LogP contribution is -2.39. The van der Waals surface area contributed by atoms with Crippen molar-refractivity contribution in [2.75, 3.05) is 25.0 Å². The molecular weight excluding hydrogens is 382 g/mol. The number of piperidine rings is 1. The number of likely N-dealkylation sites (tertiary alicyclic amines) is 1. The van der Waals surface area contributed by atoms with Gasteiger partial charge in [-0.3, -0.25) is 5.32 Å². The molecule has 1 N–H and O–H groups in total. The third-order valence-corrected chi connectivity index (χ3v) is 4.87. The van der Waals surface area contributed by atoms with Gasteiger partial charge >= 0.3 is 6.03 Å². The minimum Gasteiger partial charge on any atom is -0.493 e. The van der Waals surface area contributed by atoms with Crippen molar-refractivity contribution < 1.29 is 14.1 Å². The zero-order chi connectivity index (χ0) is 20.6. The van der Waals surface area contributed by atoms with Gasteiger partial charge in [-0.05, 0) is 42.7 Å². The minimum absolute atomic E-state index is 0.141. The molecule has 30 heavy (non-hydrogen) atoms. The Bertz CT molecular complexity index is 979. The molecule has 3 aromatic rings. The smallest absolute Gasteiger partial charge is 0.323 e. The maximum absolute atomic E-state index is 12.4. The molecule has 0 spiro atoms. The molecule has 1 aliphatic heterocycles. The summed E-state index contributed by atoms with van der Waals surface area (Å²) in [5.41, 5.74) is 3.44. The van der Waals surface area contributed by atoms with Gasteiger partial charge in [0.05, 0.1) is 12.8 Å². The van der Waals surface area contributed by atoms with E-state index in [1.54, 1.807) is 35.7 Å². The fourth-order valence-electron chi connectivity index (χ4n) is 3.26. The lowest BCUT2D eigenvalue weighted by molar-refractivity contribution is 0.207. The van der Waals surface area contributed by atoms with E-state index in [9.17, 15) is 4.79 Å². The molecule has 0 atom stereocenters. The van der Waals surface area contributed by atoms with Crippen molar-refractivity contribution in [2.24, 2.45) is 0 Å². The van der Waals surface area contributed by atoms with Gasteiger partial charge in [0.1, 0.15) is 12.0 Å². The number of anilines is 1. The molecule has 0 unspecified atom stereocenters. The average molecular weight is 405 g/mol. The summed E-state index contributed by atoms with van der Waals surface area (Å²) in [4.78, 5) is 14.2. The number of ether oxygens (including phenoxy) is 1. The fourth-order valence-corrected chi connectivity index (χ4v) is 3.26. The first kappa shape index (κ1) is 19.6. The van der Waals surface area contributed by atoms with E-state index in [0.29, 0.717) is 25.5 Å². The molecule has 3 heterocycles. The molecule has 2 aromatic heterocycles. The van der Waals surface area contributed by atoms with Crippen molar-refractivity contribution in [1.29, 1.82) is 0 Å². The number of benzene rings is 1. The second kappa shape index (κ2) is 9.69. The van der Waals surface area contributed by atoms with Crippen LogP contribution in [0, 0.1) is 0 Å². The zero-order valence-corrected chi connectivity index (χ0v) is 16.5. The Morgan fingerprint density at radius 1 is 1.23 bits per heavy atom. The number of amides is 2. The normalized spacial score (nSPS) is 13.7. The van der Waals surface area contributed by atoms with Crippen LogP contribution in [0.15, 0.2) is 65.2 Å². The highest BCUT2D eigenvalue weighted by atomic mass is 16.5. The van der Waals surface area contributed by atoms with Crippen LogP contribution in [0.25, 0.3) is 6.08 Å². The Morgan fingerprint density at radius 2 is 2.13 bits per heavy atom. The molecule has 8 heteroatoms. The lowest BCUT2D eigenvalue weighted by Gasteiger charge is -2.28. The number of carbonyl (C=O) groups excluding carboxylic acids is 1. The zero-order valence-electron chi connectivity index (χ0n) is 16.5. The maximum atomic E-state index is 12.4. The van der Waals surface area contributed by atoms with E-state index in [0.717, 1.165) is 36.1 Å². The van der Waals surface area contributed by atoms with Crippen molar-refractivity contribution in [2.45, 2.75) is 19.3 Å². The van der Waals surface area contributed by atoms with Gasteiger partial charge in [-0.15, -0.1) is 5.10 Å². The largest absolute Gasteiger partial charge is 0.493 e. The quantitative estimate of drug-likeness (QED) is 0.671. The minimum atomic E-state index is -0.141. The van der Waals surface area contributed by atoms with Crippen LogP contribution in [0.2, 0.25) is 0 Å². The monoisotopic (exact) mass is 405 g/mol. The SMILES string of the molecule is O=C(Nc1cccnn1)N1CCC(=Cc2cccc(OCCc3cnoc3)c2)CC1. The highest BCUT2D eigenvalue weighted by Gasteiger charge is 2.19. The Hall–Kier alpha value is -3.68. The molecule has 1 fully saturated rings. The highest BCUT2D eigenvalue weighted by molar-refractivity contribution is 5.88. The van der Waals surface area contributed by atoms with Gasteiger partial charge in [-0.2, -0.15) is 5.10 Å². The summed E-state index contributed by atoms with van der Waals surface area (Å²) in [5.74, 6) is 1.30. The first-order valence-electron chi connectivity index (χ1n) is 9.90. The van der Waals surface area contributed by atoms with Crippen LogP contribution in [0.5, 0.6) is 5.75 Å². The summed E-state index contributed by atoms with van der Waals surface area (Å²) in [6.45, 7) is 1.91. The van der Waals surface area contributed by atoms with E-state index < -0.39 is 0 Å². The summed E-state index contributed by atoms with van der Waals surface area (Å²) in [6.07, 6.45) is 9.52. The molecular formula is C22H23N5O3. The van der Waals surface area contributed by atoms with Gasteiger partial charge in [0, 0.05) is 31.3 Å². The molecule has 1 aromatic carbocycles. The number of hydrogen-bond acceptors (Lipinski definition) is 6. The van der Waals surface area contributed by atoms with Crippen LogP contribution < -0.4 is 10.1 Å². The molecule has 0 radical (unpaired) electrons. The number of rotatable bonds is 6. The van der Waals surface area contributed by atoms with Crippen molar-refractivity contribution in [3.05, 3.63) is 71.8 Å². The molecule has 0 bridgehead atoms. The topological polar surface area (TPSA) is 93.4 Å². The predicted octanol–water partition coefficient (Wildman–Crippen LogP) is 3.80. The summed E-state index contributed by atoms with van der Waals surface area (Å²) in [7, 11) is 0. The number of carbonyl (C=O) groups is 1. The molecule has 1 saturated heterocycles. The first-order chi connectivity index (χ1) is 14.8. The van der Waals surface area contributed by atoms with Gasteiger partial charge in [-0.1, -0.05) is 28.9 Å². The van der Waals surface area contributed by atoms with Crippen molar-refractivity contribution in [3.8, 4) is 5.75 Å². The number of aromatic nitrogens is 3. The van der Waals surface area contributed by atoms with Gasteiger partial charge in [0.15, 0.2) is 5.82 Å². The van der Waals surface area contributed by atoms with Gasteiger partial charge in [-0.25, -0.2) is 4.79 Å². The molecule has 8 nitrogen and oxygen atoms in total. The van der Waals surface area contributed by atoms with E-state index >= 15 is 0 Å². The summed E-state index contributed by atoms with van der Waals surface area (Å²) in [6, 6.07) is 11.4. The predicted molar refractivity (Wildman–Crippen MR) is 112 cm³/mol. The van der Waals surface area contributed by atoms with E-state index in [-0.39, 0.29) is 6.03 Å². The lowest BCUT2D eigenvalue weighted by atomic mass is 10.0. The van der Waals surface area contributed by atoms with Gasteiger partial charge in [0.2, 0.25) is 0 Å². The maximum Gasteiger partial charge on any atom is 0.323 e. The standard InChI is InChI=1S/C22H23N5O3/c28-22(25-21-5-2-9-23-26-21)27-10-6-17(7-11-27)13-18-3-1-4-20(14-18)29-12-8-19-15-24-30-16-19/h1-5,9,13-16H,6-8,10-12H2,(H,25,26,28). The molecule has 0 saturated carbocycles. The third-order valence-electron chi connectivity index (χ3n) is 4.87. The summed E-state index contributed by atoms with van der Waals surface area (Å²) in [5, 5.41) is 14.1. The molecule has 2 amide bonds. The van der Waals surface area contributed by atoms with Crippen LogP contribution >= 0.6 is 0 Å². The van der Waals surface area contributed by atoms with Crippen molar-refractivity contribution in [1.82, 2.24) is 20.3 Å². The van der Waals surface area contributed by atoms with E-state index in [1.807, 2.05) is 18.2 Å². The summed E-state index contributed by atoms with van der Waals surface area (Å²) >= 11 is 0. The average Bonchev–Trinajstić information content (AvgIpc) is 3.29. The Labute approximate surface area is 174 Å². The number of hydrogen-bond donors (Lipinski definition) is 1. The van der Waals surface area contributed by atoms with Gasteiger partial charge < -0.3 is 14.2 Å². The second-order valence-electron chi connectivity index (χ2n) is 7.03. The van der Waals surface area contributed by atoms with E-state index in [4.69, 9.17) is 9.26 Å². The van der Waals surface area contributed by atoms with Gasteiger partial charge in [0.25, 0.3) is 0 Å².